The lowest BCUT2D eigenvalue weighted by Gasteiger charge is -2.14. The molecule has 0 spiro atoms. The van der Waals surface area contributed by atoms with Crippen molar-refractivity contribution >= 4 is 15.9 Å². The smallest absolute Gasteiger partial charge is 0.122 e. The molecule has 0 fully saturated rings. The van der Waals surface area contributed by atoms with Crippen molar-refractivity contribution in [1.29, 1.82) is 0 Å². The Morgan fingerprint density at radius 3 is 2.70 bits per heavy atom. The molecule has 20 heavy (non-hydrogen) atoms. The number of rotatable bonds is 6. The summed E-state index contributed by atoms with van der Waals surface area (Å²) in [5.74, 6) is 7.42. The quantitative estimate of drug-likeness (QED) is 0.626. The van der Waals surface area contributed by atoms with Crippen molar-refractivity contribution in [3.63, 3.8) is 0 Å². The monoisotopic (exact) mass is 340 g/mol. The highest BCUT2D eigenvalue weighted by Crippen LogP contribution is 2.27. The van der Waals surface area contributed by atoms with Crippen molar-refractivity contribution in [2.45, 2.75) is 46.2 Å². The Hall–Kier alpha value is -1.11. The van der Waals surface area contributed by atoms with Gasteiger partial charge in [-0.2, -0.15) is 5.10 Å². The topological polar surface area (TPSA) is 69.0 Å². The van der Waals surface area contributed by atoms with E-state index in [-0.39, 0.29) is 6.04 Å². The van der Waals surface area contributed by atoms with Crippen LogP contribution in [0, 0.1) is 6.92 Å². The molecule has 0 amide bonds. The third-order valence-corrected chi connectivity index (χ3v) is 4.31. The molecule has 2 aromatic rings. The number of aryl methyl sites for hydroxylation is 3. The Morgan fingerprint density at radius 2 is 2.20 bits per heavy atom. The van der Waals surface area contributed by atoms with E-state index in [9.17, 15) is 0 Å². The molecule has 0 saturated carbocycles. The minimum atomic E-state index is -0.0632. The zero-order valence-electron chi connectivity index (χ0n) is 12.1. The molecule has 2 aromatic heterocycles. The molecule has 0 bridgehead atoms. The van der Waals surface area contributed by atoms with Crippen molar-refractivity contribution < 1.29 is 4.42 Å². The van der Waals surface area contributed by atoms with E-state index in [1.54, 1.807) is 0 Å². The van der Waals surface area contributed by atoms with E-state index in [4.69, 9.17) is 10.3 Å². The summed E-state index contributed by atoms with van der Waals surface area (Å²) in [7, 11) is 0. The second-order valence-electron chi connectivity index (χ2n) is 4.75. The molecule has 2 heterocycles. The van der Waals surface area contributed by atoms with Crippen LogP contribution < -0.4 is 11.3 Å². The lowest BCUT2D eigenvalue weighted by Crippen LogP contribution is -2.30. The summed E-state index contributed by atoms with van der Waals surface area (Å²) >= 11 is 3.66. The number of halogens is 1. The minimum absolute atomic E-state index is 0.0632. The van der Waals surface area contributed by atoms with Gasteiger partial charge in [0.2, 0.25) is 0 Å². The summed E-state index contributed by atoms with van der Waals surface area (Å²) in [6.45, 7) is 6.95. The first kappa shape index (κ1) is 15.3. The average Bonchev–Trinajstić information content (AvgIpc) is 3.00. The third-order valence-electron chi connectivity index (χ3n) is 3.40. The zero-order valence-corrected chi connectivity index (χ0v) is 13.7. The van der Waals surface area contributed by atoms with Crippen molar-refractivity contribution in [3.8, 4) is 0 Å². The lowest BCUT2D eigenvalue weighted by atomic mass is 10.1. The Kier molecular flexibility index (Phi) is 5.01. The van der Waals surface area contributed by atoms with Gasteiger partial charge in [-0.3, -0.25) is 10.5 Å². The summed E-state index contributed by atoms with van der Waals surface area (Å²) in [5.41, 5.74) is 5.05. The van der Waals surface area contributed by atoms with Crippen molar-refractivity contribution in [1.82, 2.24) is 15.2 Å². The van der Waals surface area contributed by atoms with Crippen molar-refractivity contribution in [2.24, 2.45) is 5.84 Å². The highest BCUT2D eigenvalue weighted by molar-refractivity contribution is 9.10. The number of hydrazine groups is 1. The van der Waals surface area contributed by atoms with Crippen LogP contribution in [0.25, 0.3) is 0 Å². The van der Waals surface area contributed by atoms with Crippen molar-refractivity contribution in [3.05, 3.63) is 39.5 Å². The number of hydrogen-bond acceptors (Lipinski definition) is 4. The Balaban J connectivity index is 2.29. The first-order valence-corrected chi connectivity index (χ1v) is 7.66. The van der Waals surface area contributed by atoms with E-state index in [0.717, 1.165) is 46.8 Å². The van der Waals surface area contributed by atoms with Crippen LogP contribution in [0.1, 0.15) is 42.8 Å². The van der Waals surface area contributed by atoms with E-state index in [0.29, 0.717) is 0 Å². The Bertz CT molecular complexity index is 576. The molecule has 0 aliphatic heterocycles. The van der Waals surface area contributed by atoms with Gasteiger partial charge in [0, 0.05) is 13.0 Å². The van der Waals surface area contributed by atoms with Crippen LogP contribution >= 0.6 is 15.9 Å². The maximum atomic E-state index is 5.69. The standard InChI is InChI=1S/C14H21BrN4O/c1-4-10-14(15)12(19(5-2)18-10)8-11(17-16)13-7-6-9(3)20-13/h6-7,11,17H,4-5,8,16H2,1-3H3. The Morgan fingerprint density at radius 1 is 1.45 bits per heavy atom. The van der Waals surface area contributed by atoms with Crippen LogP contribution in [-0.4, -0.2) is 9.78 Å². The largest absolute Gasteiger partial charge is 0.465 e. The number of furan rings is 1. The van der Waals surface area contributed by atoms with Crippen LogP contribution in [0.3, 0.4) is 0 Å². The highest BCUT2D eigenvalue weighted by atomic mass is 79.9. The van der Waals surface area contributed by atoms with Gasteiger partial charge in [0.05, 0.1) is 21.9 Å². The molecule has 110 valence electrons. The molecule has 0 saturated heterocycles. The molecule has 3 N–H and O–H groups in total. The number of aromatic nitrogens is 2. The molecule has 1 unspecified atom stereocenters. The highest BCUT2D eigenvalue weighted by Gasteiger charge is 2.21. The minimum Gasteiger partial charge on any atom is -0.465 e. The van der Waals surface area contributed by atoms with Crippen LogP contribution in [0.15, 0.2) is 21.0 Å². The molecule has 1 atom stereocenters. The van der Waals surface area contributed by atoms with Gasteiger partial charge in [-0.25, -0.2) is 5.43 Å². The van der Waals surface area contributed by atoms with Gasteiger partial charge in [0.25, 0.3) is 0 Å². The lowest BCUT2D eigenvalue weighted by molar-refractivity contribution is 0.396. The van der Waals surface area contributed by atoms with E-state index in [1.807, 2.05) is 23.7 Å². The number of hydrogen-bond donors (Lipinski definition) is 2. The van der Waals surface area contributed by atoms with Gasteiger partial charge >= 0.3 is 0 Å². The maximum Gasteiger partial charge on any atom is 0.122 e. The molecule has 0 aromatic carbocycles. The van der Waals surface area contributed by atoms with Gasteiger partial charge in [0.1, 0.15) is 11.5 Å². The molecule has 0 aliphatic carbocycles. The summed E-state index contributed by atoms with van der Waals surface area (Å²) in [6, 6.07) is 3.84. The summed E-state index contributed by atoms with van der Waals surface area (Å²) in [6.07, 6.45) is 1.63. The second kappa shape index (κ2) is 6.56. The normalized spacial score (nSPS) is 12.8. The molecule has 5 nitrogen and oxygen atoms in total. The van der Waals surface area contributed by atoms with Crippen molar-refractivity contribution in [2.75, 3.05) is 0 Å². The zero-order chi connectivity index (χ0) is 14.7. The average molecular weight is 341 g/mol. The van der Waals surface area contributed by atoms with E-state index in [2.05, 4.69) is 40.3 Å². The van der Waals surface area contributed by atoms with Gasteiger partial charge in [-0.05, 0) is 48.3 Å². The SMILES string of the molecule is CCc1nn(CC)c(CC(NN)c2ccc(C)o2)c1Br. The van der Waals surface area contributed by atoms with Gasteiger partial charge in [-0.1, -0.05) is 6.92 Å². The first-order chi connectivity index (χ1) is 9.60. The van der Waals surface area contributed by atoms with E-state index >= 15 is 0 Å². The molecule has 2 rings (SSSR count). The number of nitrogens with one attached hydrogen (secondary N) is 1. The van der Waals surface area contributed by atoms with E-state index < -0.39 is 0 Å². The molecular formula is C14H21BrN4O. The number of nitrogens with two attached hydrogens (primary N) is 1. The predicted octanol–water partition coefficient (Wildman–Crippen LogP) is 2.88. The second-order valence-corrected chi connectivity index (χ2v) is 5.54. The fraction of sp³-hybridized carbons (Fsp3) is 0.500. The molecule has 6 heteroatoms. The fourth-order valence-corrected chi connectivity index (χ4v) is 3.01. The predicted molar refractivity (Wildman–Crippen MR) is 82.2 cm³/mol. The molecule has 0 radical (unpaired) electrons. The molecule has 0 aliphatic rings. The first-order valence-electron chi connectivity index (χ1n) is 6.87. The summed E-state index contributed by atoms with van der Waals surface area (Å²) < 4.78 is 8.76. The maximum absolute atomic E-state index is 5.69. The van der Waals surface area contributed by atoms with Crippen LogP contribution in [-0.2, 0) is 19.4 Å². The fourth-order valence-electron chi connectivity index (χ4n) is 2.29. The molecular weight excluding hydrogens is 320 g/mol. The Labute approximate surface area is 127 Å². The van der Waals surface area contributed by atoms with Crippen LogP contribution in [0.4, 0.5) is 0 Å². The summed E-state index contributed by atoms with van der Waals surface area (Å²) in [5, 5.41) is 4.60. The van der Waals surface area contributed by atoms with Gasteiger partial charge in [-0.15, -0.1) is 0 Å². The number of nitrogens with zero attached hydrogens (tertiary/aromatic N) is 2. The van der Waals surface area contributed by atoms with Gasteiger partial charge in [0.15, 0.2) is 0 Å². The summed E-state index contributed by atoms with van der Waals surface area (Å²) in [4.78, 5) is 0. The van der Waals surface area contributed by atoms with E-state index in [1.165, 1.54) is 0 Å². The third kappa shape index (κ3) is 2.97. The van der Waals surface area contributed by atoms with Crippen LogP contribution in [0.2, 0.25) is 0 Å². The van der Waals surface area contributed by atoms with Crippen LogP contribution in [0.5, 0.6) is 0 Å². The van der Waals surface area contributed by atoms with Gasteiger partial charge < -0.3 is 4.42 Å².